The number of nitrogens with zero attached hydrogens (tertiary/aromatic N) is 3. The number of fused-ring (bicyclic) bond motifs is 1. The molecular formula is C15H13N3O2. The van der Waals surface area contributed by atoms with Crippen LogP contribution in [0.2, 0.25) is 0 Å². The number of para-hydroxylation sites is 1. The number of aromatic nitrogens is 3. The van der Waals surface area contributed by atoms with E-state index in [9.17, 15) is 4.79 Å². The third-order valence-corrected chi connectivity index (χ3v) is 3.32. The minimum absolute atomic E-state index is 0.528. The van der Waals surface area contributed by atoms with E-state index in [0.29, 0.717) is 22.5 Å². The van der Waals surface area contributed by atoms with E-state index in [-0.39, 0.29) is 0 Å². The Morgan fingerprint density at radius 2 is 1.95 bits per heavy atom. The second-order valence-electron chi connectivity index (χ2n) is 4.37. The monoisotopic (exact) mass is 267 g/mol. The second kappa shape index (κ2) is 4.77. The first-order valence-corrected chi connectivity index (χ1v) is 6.16. The molecule has 0 aliphatic rings. The molecule has 0 saturated heterocycles. The lowest BCUT2D eigenvalue weighted by molar-refractivity contribution is 0.112. The first-order valence-electron chi connectivity index (χ1n) is 6.16. The molecule has 2 aromatic heterocycles. The maximum Gasteiger partial charge on any atom is 0.159 e. The van der Waals surface area contributed by atoms with Gasteiger partial charge in [-0.1, -0.05) is 12.1 Å². The third kappa shape index (κ3) is 1.67. The van der Waals surface area contributed by atoms with E-state index in [1.165, 1.54) is 0 Å². The third-order valence-electron chi connectivity index (χ3n) is 3.32. The molecule has 0 unspecified atom stereocenters. The van der Waals surface area contributed by atoms with Crippen LogP contribution in [0.5, 0.6) is 5.75 Å². The van der Waals surface area contributed by atoms with Crippen LogP contribution in [0.25, 0.3) is 22.4 Å². The van der Waals surface area contributed by atoms with Crippen molar-refractivity contribution in [2.24, 2.45) is 7.05 Å². The molecule has 2 heterocycles. The van der Waals surface area contributed by atoms with Gasteiger partial charge in [0.25, 0.3) is 0 Å². The van der Waals surface area contributed by atoms with Crippen LogP contribution in [0.15, 0.2) is 36.7 Å². The van der Waals surface area contributed by atoms with Gasteiger partial charge in [0.15, 0.2) is 11.9 Å². The van der Waals surface area contributed by atoms with Gasteiger partial charge in [0, 0.05) is 25.0 Å². The number of methoxy groups -OCH3 is 1. The molecule has 20 heavy (non-hydrogen) atoms. The van der Waals surface area contributed by atoms with Crippen LogP contribution >= 0.6 is 0 Å². The predicted molar refractivity (Wildman–Crippen MR) is 75.9 cm³/mol. The Morgan fingerprint density at radius 1 is 1.20 bits per heavy atom. The Hall–Kier alpha value is -2.69. The highest BCUT2D eigenvalue weighted by atomic mass is 16.5. The molecule has 0 spiro atoms. The molecule has 5 nitrogen and oxygen atoms in total. The van der Waals surface area contributed by atoms with Crippen molar-refractivity contribution in [2.45, 2.75) is 0 Å². The normalized spacial score (nSPS) is 10.7. The standard InChI is InChI=1S/C15H13N3O2/c1-18-14(10-5-3-4-6-12(10)20-2)11(9-19)13-15(18)17-8-7-16-13/h3-9H,1-2H3. The zero-order valence-corrected chi connectivity index (χ0v) is 11.2. The number of aldehydes is 1. The molecule has 0 saturated carbocycles. The van der Waals surface area contributed by atoms with Crippen molar-refractivity contribution in [1.29, 1.82) is 0 Å². The Bertz CT molecular complexity index is 793. The smallest absolute Gasteiger partial charge is 0.159 e. The minimum Gasteiger partial charge on any atom is -0.496 e. The summed E-state index contributed by atoms with van der Waals surface area (Å²) in [5.41, 5.74) is 3.42. The van der Waals surface area contributed by atoms with Gasteiger partial charge in [0.2, 0.25) is 0 Å². The average molecular weight is 267 g/mol. The summed E-state index contributed by atoms with van der Waals surface area (Å²) in [6.07, 6.45) is 4.02. The maximum atomic E-state index is 11.5. The van der Waals surface area contributed by atoms with E-state index < -0.39 is 0 Å². The first-order chi connectivity index (χ1) is 9.77. The summed E-state index contributed by atoms with van der Waals surface area (Å²) in [6, 6.07) is 7.58. The van der Waals surface area contributed by atoms with Crippen LogP contribution in [0, 0.1) is 0 Å². The molecule has 0 atom stereocenters. The Balaban J connectivity index is 2.42. The summed E-state index contributed by atoms with van der Waals surface area (Å²) < 4.78 is 7.25. The average Bonchev–Trinajstić information content (AvgIpc) is 2.80. The largest absolute Gasteiger partial charge is 0.496 e. The molecule has 0 aliphatic carbocycles. The summed E-state index contributed by atoms with van der Waals surface area (Å²) >= 11 is 0. The Labute approximate surface area is 115 Å². The van der Waals surface area contributed by atoms with Gasteiger partial charge in [-0.3, -0.25) is 9.78 Å². The molecule has 100 valence electrons. The van der Waals surface area contributed by atoms with Crippen LogP contribution < -0.4 is 4.74 Å². The number of carbonyl (C=O) groups excluding carboxylic acids is 1. The quantitative estimate of drug-likeness (QED) is 0.684. The fourth-order valence-electron chi connectivity index (χ4n) is 2.44. The minimum atomic E-state index is 0.528. The zero-order chi connectivity index (χ0) is 14.1. The molecule has 0 N–H and O–H groups in total. The summed E-state index contributed by atoms with van der Waals surface area (Å²) in [5.74, 6) is 0.710. The van der Waals surface area contributed by atoms with Crippen LogP contribution in [0.3, 0.4) is 0 Å². The highest BCUT2D eigenvalue weighted by Gasteiger charge is 2.20. The number of carbonyl (C=O) groups is 1. The molecule has 5 heteroatoms. The van der Waals surface area contributed by atoms with E-state index in [4.69, 9.17) is 4.74 Å². The van der Waals surface area contributed by atoms with Gasteiger partial charge in [-0.2, -0.15) is 0 Å². The van der Waals surface area contributed by atoms with Crippen molar-refractivity contribution >= 4 is 17.5 Å². The van der Waals surface area contributed by atoms with Gasteiger partial charge in [-0.05, 0) is 12.1 Å². The summed E-state index contributed by atoms with van der Waals surface area (Å²) in [5, 5.41) is 0. The first kappa shape index (κ1) is 12.3. The fourth-order valence-corrected chi connectivity index (χ4v) is 2.44. The highest BCUT2D eigenvalue weighted by molar-refractivity contribution is 6.02. The zero-order valence-electron chi connectivity index (χ0n) is 11.2. The fraction of sp³-hybridized carbons (Fsp3) is 0.133. The van der Waals surface area contributed by atoms with Gasteiger partial charge in [-0.25, -0.2) is 4.98 Å². The lowest BCUT2D eigenvalue weighted by Gasteiger charge is -2.10. The van der Waals surface area contributed by atoms with E-state index >= 15 is 0 Å². The molecule has 0 aliphatic heterocycles. The molecular weight excluding hydrogens is 254 g/mol. The molecule has 3 rings (SSSR count). The number of benzene rings is 1. The van der Waals surface area contributed by atoms with Crippen LogP contribution in [0.1, 0.15) is 10.4 Å². The van der Waals surface area contributed by atoms with Crippen molar-refractivity contribution in [2.75, 3.05) is 7.11 Å². The van der Waals surface area contributed by atoms with E-state index in [1.54, 1.807) is 19.5 Å². The number of hydrogen-bond donors (Lipinski definition) is 0. The molecule has 0 radical (unpaired) electrons. The van der Waals surface area contributed by atoms with Crippen molar-refractivity contribution in [1.82, 2.24) is 14.5 Å². The Morgan fingerprint density at radius 3 is 2.70 bits per heavy atom. The maximum absolute atomic E-state index is 11.5. The van der Waals surface area contributed by atoms with Gasteiger partial charge in [-0.15, -0.1) is 0 Å². The topological polar surface area (TPSA) is 57.0 Å². The summed E-state index contributed by atoms with van der Waals surface area (Å²) in [7, 11) is 3.48. The number of hydrogen-bond acceptors (Lipinski definition) is 4. The lowest BCUT2D eigenvalue weighted by Crippen LogP contribution is -1.97. The molecule has 0 fully saturated rings. The SMILES string of the molecule is COc1ccccc1-c1c(C=O)c2nccnc2n1C. The summed E-state index contributed by atoms with van der Waals surface area (Å²) in [4.78, 5) is 20.1. The number of ether oxygens (including phenoxy) is 1. The van der Waals surface area contributed by atoms with Crippen molar-refractivity contribution in [3.8, 4) is 17.0 Å². The molecule has 1 aromatic carbocycles. The van der Waals surface area contributed by atoms with Gasteiger partial charge in [0.05, 0.1) is 18.4 Å². The van der Waals surface area contributed by atoms with Gasteiger partial charge >= 0.3 is 0 Å². The molecule has 3 aromatic rings. The predicted octanol–water partition coefficient (Wildman–Crippen LogP) is 2.46. The molecule has 0 bridgehead atoms. The molecule has 0 amide bonds. The van der Waals surface area contributed by atoms with E-state index in [1.807, 2.05) is 35.9 Å². The highest BCUT2D eigenvalue weighted by Crippen LogP contribution is 2.35. The Kier molecular flexibility index (Phi) is 2.95. The van der Waals surface area contributed by atoms with Crippen LogP contribution in [0.4, 0.5) is 0 Å². The number of rotatable bonds is 3. The van der Waals surface area contributed by atoms with E-state index in [0.717, 1.165) is 17.5 Å². The number of aryl methyl sites for hydroxylation is 1. The van der Waals surface area contributed by atoms with Gasteiger partial charge in [0.1, 0.15) is 11.3 Å². The van der Waals surface area contributed by atoms with Crippen molar-refractivity contribution in [3.63, 3.8) is 0 Å². The van der Waals surface area contributed by atoms with Crippen LogP contribution in [-0.4, -0.2) is 27.9 Å². The van der Waals surface area contributed by atoms with Crippen LogP contribution in [-0.2, 0) is 7.05 Å². The lowest BCUT2D eigenvalue weighted by atomic mass is 10.1. The second-order valence-corrected chi connectivity index (χ2v) is 4.37. The van der Waals surface area contributed by atoms with Crippen molar-refractivity contribution in [3.05, 3.63) is 42.2 Å². The summed E-state index contributed by atoms with van der Waals surface area (Å²) in [6.45, 7) is 0. The van der Waals surface area contributed by atoms with Crippen molar-refractivity contribution < 1.29 is 9.53 Å². The van der Waals surface area contributed by atoms with E-state index in [2.05, 4.69) is 9.97 Å². The van der Waals surface area contributed by atoms with Gasteiger partial charge < -0.3 is 9.30 Å².